The Morgan fingerprint density at radius 2 is 1.56 bits per heavy atom. The molecule has 0 saturated carbocycles. The lowest BCUT2D eigenvalue weighted by atomic mass is 10.00. The van der Waals surface area contributed by atoms with Crippen LogP contribution in [0.25, 0.3) is 0 Å². The largest absolute Gasteiger partial charge is 0.493 e. The molecular weight excluding hydrogens is 454 g/mol. The van der Waals surface area contributed by atoms with E-state index in [1.807, 2.05) is 70.5 Å². The fourth-order valence-electron chi connectivity index (χ4n) is 5.14. The first-order valence-corrected chi connectivity index (χ1v) is 12.3. The predicted molar refractivity (Wildman–Crippen MR) is 138 cm³/mol. The number of nitrogens with zero attached hydrogens (tertiary/aromatic N) is 3. The number of benzene rings is 3. The molecular formula is C29H31N3O4. The van der Waals surface area contributed by atoms with Crippen molar-refractivity contribution in [2.45, 2.75) is 19.0 Å². The van der Waals surface area contributed by atoms with E-state index in [1.54, 1.807) is 14.2 Å². The highest BCUT2D eigenvalue weighted by atomic mass is 16.5. The van der Waals surface area contributed by atoms with Crippen molar-refractivity contribution >= 4 is 17.5 Å². The van der Waals surface area contributed by atoms with Gasteiger partial charge in [0, 0.05) is 44.0 Å². The van der Waals surface area contributed by atoms with E-state index in [2.05, 4.69) is 17.0 Å². The Kier molecular flexibility index (Phi) is 6.80. The summed E-state index contributed by atoms with van der Waals surface area (Å²) in [5.41, 5.74) is 3.71. The van der Waals surface area contributed by atoms with Crippen LogP contribution in [0.3, 0.4) is 0 Å². The number of anilines is 1. The van der Waals surface area contributed by atoms with Gasteiger partial charge in [-0.05, 0) is 41.5 Å². The van der Waals surface area contributed by atoms with Gasteiger partial charge in [0.15, 0.2) is 11.5 Å². The van der Waals surface area contributed by atoms with Crippen molar-refractivity contribution in [2.75, 3.05) is 45.3 Å². The van der Waals surface area contributed by atoms with Crippen LogP contribution >= 0.6 is 0 Å². The van der Waals surface area contributed by atoms with E-state index in [0.29, 0.717) is 36.7 Å². The van der Waals surface area contributed by atoms with Crippen LogP contribution < -0.4 is 14.4 Å². The molecule has 1 unspecified atom stereocenters. The van der Waals surface area contributed by atoms with Crippen molar-refractivity contribution in [1.29, 1.82) is 0 Å². The number of ether oxygens (including phenoxy) is 2. The fourth-order valence-corrected chi connectivity index (χ4v) is 5.14. The molecule has 3 aromatic carbocycles. The Morgan fingerprint density at radius 1 is 0.861 bits per heavy atom. The van der Waals surface area contributed by atoms with E-state index in [4.69, 9.17) is 9.47 Å². The maximum atomic E-state index is 13.6. The molecule has 2 aliphatic heterocycles. The number of hydrogen-bond donors (Lipinski definition) is 0. The van der Waals surface area contributed by atoms with Crippen LogP contribution in [0.2, 0.25) is 0 Å². The highest BCUT2D eigenvalue weighted by Gasteiger charge is 2.36. The molecule has 0 radical (unpaired) electrons. The molecule has 5 rings (SSSR count). The lowest BCUT2D eigenvalue weighted by Gasteiger charge is -2.37. The summed E-state index contributed by atoms with van der Waals surface area (Å²) in [7, 11) is 3.18. The SMILES string of the molecule is COc1ccc(C(CC(=O)N2CCN(c3ccccc3)CC2)N2Cc3ccccc3C2=O)cc1OC. The molecule has 1 fully saturated rings. The average Bonchev–Trinajstić information content (AvgIpc) is 3.27. The Bertz CT molecular complexity index is 1240. The number of methoxy groups -OCH3 is 2. The number of rotatable bonds is 7. The summed E-state index contributed by atoms with van der Waals surface area (Å²) >= 11 is 0. The fraction of sp³-hybridized carbons (Fsp3) is 0.310. The standard InChI is InChI=1S/C29H31N3O4/c1-35-26-13-12-21(18-27(26)36-2)25(32-20-22-8-6-7-11-24(22)29(32)34)19-28(33)31-16-14-30(15-17-31)23-9-4-3-5-10-23/h3-13,18,25H,14-17,19-20H2,1-2H3. The van der Waals surface area contributed by atoms with E-state index in [1.165, 1.54) is 5.69 Å². The number of piperazine rings is 1. The summed E-state index contributed by atoms with van der Waals surface area (Å²) in [6.45, 7) is 3.35. The van der Waals surface area contributed by atoms with Crippen LogP contribution in [0.5, 0.6) is 11.5 Å². The normalized spacial score (nSPS) is 16.1. The van der Waals surface area contributed by atoms with E-state index >= 15 is 0 Å². The summed E-state index contributed by atoms with van der Waals surface area (Å²) in [4.78, 5) is 33.0. The maximum Gasteiger partial charge on any atom is 0.255 e. The zero-order chi connectivity index (χ0) is 25.1. The van der Waals surface area contributed by atoms with Crippen LogP contribution in [0.4, 0.5) is 5.69 Å². The topological polar surface area (TPSA) is 62.3 Å². The molecule has 36 heavy (non-hydrogen) atoms. The predicted octanol–water partition coefficient (Wildman–Crippen LogP) is 4.14. The van der Waals surface area contributed by atoms with Crippen molar-refractivity contribution in [3.8, 4) is 11.5 Å². The smallest absolute Gasteiger partial charge is 0.255 e. The highest BCUT2D eigenvalue weighted by Crippen LogP contribution is 2.37. The van der Waals surface area contributed by atoms with Crippen LogP contribution in [0, 0.1) is 0 Å². The van der Waals surface area contributed by atoms with Crippen LogP contribution in [0.15, 0.2) is 72.8 Å². The number of carbonyl (C=O) groups is 2. The zero-order valence-electron chi connectivity index (χ0n) is 20.7. The van der Waals surface area contributed by atoms with Gasteiger partial charge in [-0.15, -0.1) is 0 Å². The van der Waals surface area contributed by atoms with Gasteiger partial charge in [-0.25, -0.2) is 0 Å². The van der Waals surface area contributed by atoms with E-state index in [0.717, 1.165) is 24.2 Å². The summed E-state index contributed by atoms with van der Waals surface area (Å²) in [6.07, 6.45) is 0.209. The number of amides is 2. The van der Waals surface area contributed by atoms with Crippen molar-refractivity contribution < 1.29 is 19.1 Å². The van der Waals surface area contributed by atoms with E-state index < -0.39 is 6.04 Å². The van der Waals surface area contributed by atoms with Crippen LogP contribution in [-0.2, 0) is 11.3 Å². The Morgan fingerprint density at radius 3 is 2.25 bits per heavy atom. The number of fused-ring (bicyclic) bond motifs is 1. The van der Waals surface area contributed by atoms with Gasteiger partial charge in [-0.1, -0.05) is 42.5 Å². The third kappa shape index (κ3) is 4.61. The molecule has 186 valence electrons. The Hall–Kier alpha value is -4.00. The van der Waals surface area contributed by atoms with Crippen molar-refractivity contribution in [3.63, 3.8) is 0 Å². The molecule has 2 amide bonds. The van der Waals surface area contributed by atoms with Gasteiger partial charge in [-0.2, -0.15) is 0 Å². The molecule has 1 saturated heterocycles. The first-order valence-electron chi connectivity index (χ1n) is 12.3. The minimum absolute atomic E-state index is 0.0475. The van der Waals surface area contributed by atoms with Crippen molar-refractivity contribution in [1.82, 2.24) is 9.80 Å². The molecule has 7 nitrogen and oxygen atoms in total. The number of para-hydroxylation sites is 1. The number of carbonyl (C=O) groups excluding carboxylic acids is 2. The minimum atomic E-state index is -0.413. The first-order chi connectivity index (χ1) is 17.6. The molecule has 0 bridgehead atoms. The Balaban J connectivity index is 1.37. The zero-order valence-corrected chi connectivity index (χ0v) is 20.7. The summed E-state index contributed by atoms with van der Waals surface area (Å²) in [5, 5.41) is 0. The molecule has 0 N–H and O–H groups in total. The summed E-state index contributed by atoms with van der Waals surface area (Å²) < 4.78 is 10.9. The third-order valence-corrected chi connectivity index (χ3v) is 7.14. The van der Waals surface area contributed by atoms with Gasteiger partial charge in [0.05, 0.1) is 26.7 Å². The Labute approximate surface area is 211 Å². The van der Waals surface area contributed by atoms with Crippen molar-refractivity contribution in [2.24, 2.45) is 0 Å². The molecule has 1 atom stereocenters. The van der Waals surface area contributed by atoms with E-state index in [-0.39, 0.29) is 18.2 Å². The molecule has 0 aromatic heterocycles. The first kappa shape index (κ1) is 23.7. The molecule has 0 spiro atoms. The summed E-state index contributed by atoms with van der Waals surface area (Å²) in [5.74, 6) is 1.19. The summed E-state index contributed by atoms with van der Waals surface area (Å²) in [6, 6.07) is 23.1. The molecule has 7 heteroatoms. The lowest BCUT2D eigenvalue weighted by Crippen LogP contribution is -2.49. The second-order valence-corrected chi connectivity index (χ2v) is 9.13. The second kappa shape index (κ2) is 10.3. The van der Waals surface area contributed by atoms with Gasteiger partial charge in [0.2, 0.25) is 5.91 Å². The van der Waals surface area contributed by atoms with Gasteiger partial charge in [0.1, 0.15) is 0 Å². The third-order valence-electron chi connectivity index (χ3n) is 7.14. The van der Waals surface area contributed by atoms with Gasteiger partial charge in [-0.3, -0.25) is 9.59 Å². The maximum absolute atomic E-state index is 13.6. The lowest BCUT2D eigenvalue weighted by molar-refractivity contribution is -0.132. The molecule has 2 heterocycles. The second-order valence-electron chi connectivity index (χ2n) is 9.13. The molecule has 2 aliphatic rings. The van der Waals surface area contributed by atoms with Gasteiger partial charge < -0.3 is 24.2 Å². The van der Waals surface area contributed by atoms with Gasteiger partial charge in [0.25, 0.3) is 5.91 Å². The quantitative estimate of drug-likeness (QED) is 0.503. The monoisotopic (exact) mass is 485 g/mol. The minimum Gasteiger partial charge on any atom is -0.493 e. The van der Waals surface area contributed by atoms with E-state index in [9.17, 15) is 9.59 Å². The highest BCUT2D eigenvalue weighted by molar-refractivity contribution is 5.98. The average molecular weight is 486 g/mol. The number of hydrogen-bond acceptors (Lipinski definition) is 5. The van der Waals surface area contributed by atoms with Crippen molar-refractivity contribution in [3.05, 3.63) is 89.5 Å². The van der Waals surface area contributed by atoms with Crippen LogP contribution in [-0.4, -0.2) is 62.0 Å². The van der Waals surface area contributed by atoms with Gasteiger partial charge >= 0.3 is 0 Å². The molecule has 3 aromatic rings. The van der Waals surface area contributed by atoms with Crippen LogP contribution in [0.1, 0.15) is 33.9 Å². The molecule has 0 aliphatic carbocycles.